The van der Waals surface area contributed by atoms with E-state index in [9.17, 15) is 0 Å². The molecule has 26 heavy (non-hydrogen) atoms. The fraction of sp³-hybridized carbons (Fsp3) is 0.429. The van der Waals surface area contributed by atoms with E-state index in [4.69, 9.17) is 16.6 Å². The van der Waals surface area contributed by atoms with Crippen molar-refractivity contribution in [1.82, 2.24) is 19.9 Å². The van der Waals surface area contributed by atoms with Crippen molar-refractivity contribution < 1.29 is 0 Å². The highest BCUT2D eigenvalue weighted by Gasteiger charge is 2.40. The number of hydrogen-bond donors (Lipinski definition) is 1. The zero-order valence-corrected chi connectivity index (χ0v) is 15.5. The third-order valence-electron chi connectivity index (χ3n) is 6.17. The molecule has 3 atom stereocenters. The van der Waals surface area contributed by atoms with E-state index >= 15 is 0 Å². The Morgan fingerprint density at radius 3 is 2.81 bits per heavy atom. The van der Waals surface area contributed by atoms with Gasteiger partial charge in [0.1, 0.15) is 11.3 Å². The van der Waals surface area contributed by atoms with Gasteiger partial charge in [-0.25, -0.2) is 9.97 Å². The predicted molar refractivity (Wildman–Crippen MR) is 104 cm³/mol. The zero-order valence-electron chi connectivity index (χ0n) is 14.7. The van der Waals surface area contributed by atoms with Crippen LogP contribution in [0.5, 0.6) is 0 Å². The molecule has 2 saturated heterocycles. The number of pyridine rings is 1. The molecule has 2 aliphatic heterocycles. The van der Waals surface area contributed by atoms with Gasteiger partial charge in [0.05, 0.1) is 6.54 Å². The Kier molecular flexibility index (Phi) is 4.18. The first-order valence-corrected chi connectivity index (χ1v) is 9.90. The van der Waals surface area contributed by atoms with Crippen LogP contribution in [0.2, 0.25) is 5.02 Å². The molecular weight excluding hydrogens is 344 g/mol. The first-order valence-electron chi connectivity index (χ1n) is 9.53. The van der Waals surface area contributed by atoms with Crippen LogP contribution >= 0.6 is 11.6 Å². The largest absolute Gasteiger partial charge is 0.326 e. The molecule has 1 saturated carbocycles. The summed E-state index contributed by atoms with van der Waals surface area (Å²) in [5, 5.41) is 0.824. The number of imidazole rings is 1. The second kappa shape index (κ2) is 6.67. The summed E-state index contributed by atoms with van der Waals surface area (Å²) >= 11 is 6.02. The number of aromatic nitrogens is 3. The van der Waals surface area contributed by atoms with E-state index in [0.29, 0.717) is 6.04 Å². The second-order valence-electron chi connectivity index (χ2n) is 7.80. The third kappa shape index (κ3) is 3.12. The summed E-state index contributed by atoms with van der Waals surface area (Å²) in [5.74, 6) is 2.63. The quantitative estimate of drug-likeness (QED) is 0.741. The Balaban J connectivity index is 1.27. The number of nitrogens with one attached hydrogen (secondary N) is 1. The molecule has 0 spiro atoms. The van der Waals surface area contributed by atoms with Crippen LogP contribution in [-0.2, 0) is 13.0 Å². The molecule has 5 heteroatoms. The van der Waals surface area contributed by atoms with Gasteiger partial charge < -0.3 is 4.98 Å². The zero-order chi connectivity index (χ0) is 17.5. The lowest BCUT2D eigenvalue weighted by atomic mass is 9.70. The van der Waals surface area contributed by atoms with Gasteiger partial charge in [0, 0.05) is 23.8 Å². The van der Waals surface area contributed by atoms with Gasteiger partial charge in [0.15, 0.2) is 5.65 Å². The maximum Gasteiger partial charge on any atom is 0.157 e. The highest BCUT2D eigenvalue weighted by atomic mass is 35.5. The normalized spacial score (nSPS) is 25.8. The molecule has 1 aliphatic carbocycles. The highest BCUT2D eigenvalue weighted by molar-refractivity contribution is 6.30. The van der Waals surface area contributed by atoms with Crippen molar-refractivity contribution in [3.05, 3.63) is 59.0 Å². The first-order chi connectivity index (χ1) is 12.7. The van der Waals surface area contributed by atoms with Crippen molar-refractivity contribution in [2.45, 2.75) is 38.3 Å². The summed E-state index contributed by atoms with van der Waals surface area (Å²) in [6, 6.07) is 13.0. The fourth-order valence-electron chi connectivity index (χ4n) is 4.85. The SMILES string of the molecule is Clc1ccc(CC2CC3CCC2CN3Cc2nc3cccnc3[nH]2)cc1. The maximum atomic E-state index is 6.02. The van der Waals surface area contributed by atoms with Gasteiger partial charge >= 0.3 is 0 Å². The van der Waals surface area contributed by atoms with E-state index < -0.39 is 0 Å². The summed E-state index contributed by atoms with van der Waals surface area (Å²) < 4.78 is 0. The van der Waals surface area contributed by atoms with Gasteiger partial charge in [-0.05, 0) is 67.3 Å². The van der Waals surface area contributed by atoms with Crippen LogP contribution in [0.3, 0.4) is 0 Å². The van der Waals surface area contributed by atoms with Gasteiger partial charge in [-0.3, -0.25) is 4.90 Å². The van der Waals surface area contributed by atoms with Gasteiger partial charge in [-0.2, -0.15) is 0 Å². The van der Waals surface area contributed by atoms with E-state index in [2.05, 4.69) is 27.0 Å². The number of hydrogen-bond acceptors (Lipinski definition) is 3. The number of H-pyrrole nitrogens is 1. The minimum absolute atomic E-state index is 0.679. The molecular formula is C21H23ClN4. The lowest BCUT2D eigenvalue weighted by molar-refractivity contribution is -0.00136. The molecule has 2 aromatic heterocycles. The summed E-state index contributed by atoms with van der Waals surface area (Å²) in [7, 11) is 0. The summed E-state index contributed by atoms with van der Waals surface area (Å²) in [6.07, 6.45) is 6.97. The number of piperidine rings is 2. The molecule has 134 valence electrons. The molecule has 4 heterocycles. The minimum atomic E-state index is 0.679. The van der Waals surface area contributed by atoms with E-state index in [0.717, 1.165) is 40.4 Å². The molecule has 3 aromatic rings. The van der Waals surface area contributed by atoms with Gasteiger partial charge in [0.25, 0.3) is 0 Å². The third-order valence-corrected chi connectivity index (χ3v) is 6.42. The Bertz CT molecular complexity index is 871. The lowest BCUT2D eigenvalue weighted by Gasteiger charge is -2.49. The predicted octanol–water partition coefficient (Wildman–Crippen LogP) is 4.45. The Labute approximate surface area is 158 Å². The number of rotatable bonds is 4. The summed E-state index contributed by atoms with van der Waals surface area (Å²) in [4.78, 5) is 15.1. The molecule has 0 radical (unpaired) electrons. The van der Waals surface area contributed by atoms with E-state index in [1.165, 1.54) is 37.8 Å². The summed E-state index contributed by atoms with van der Waals surface area (Å²) in [6.45, 7) is 2.10. The number of nitrogens with zero attached hydrogens (tertiary/aromatic N) is 3. The summed E-state index contributed by atoms with van der Waals surface area (Å²) in [5.41, 5.74) is 3.28. The van der Waals surface area contributed by atoms with Gasteiger partial charge in [0.2, 0.25) is 0 Å². The Hall–Kier alpha value is -1.91. The average molecular weight is 367 g/mol. The van der Waals surface area contributed by atoms with Crippen LogP contribution < -0.4 is 0 Å². The van der Waals surface area contributed by atoms with E-state index in [1.54, 1.807) is 0 Å². The molecule has 2 bridgehead atoms. The molecule has 1 N–H and O–H groups in total. The second-order valence-corrected chi connectivity index (χ2v) is 8.24. The van der Waals surface area contributed by atoms with Crippen molar-refractivity contribution in [2.75, 3.05) is 6.54 Å². The van der Waals surface area contributed by atoms with Crippen molar-refractivity contribution in [1.29, 1.82) is 0 Å². The van der Waals surface area contributed by atoms with Crippen LogP contribution in [0.1, 0.15) is 30.7 Å². The van der Waals surface area contributed by atoms with E-state index in [1.807, 2.05) is 30.5 Å². The van der Waals surface area contributed by atoms with Crippen LogP contribution in [0.25, 0.3) is 11.2 Å². The molecule has 6 rings (SSSR count). The Morgan fingerprint density at radius 2 is 2.04 bits per heavy atom. The Morgan fingerprint density at radius 1 is 1.15 bits per heavy atom. The minimum Gasteiger partial charge on any atom is -0.326 e. The van der Waals surface area contributed by atoms with Crippen LogP contribution in [0, 0.1) is 11.8 Å². The lowest BCUT2D eigenvalue weighted by Crippen LogP contribution is -2.52. The van der Waals surface area contributed by atoms with Gasteiger partial charge in [-0.1, -0.05) is 23.7 Å². The molecule has 3 aliphatic rings. The van der Waals surface area contributed by atoms with Gasteiger partial charge in [-0.15, -0.1) is 0 Å². The molecule has 3 unspecified atom stereocenters. The van der Waals surface area contributed by atoms with Crippen molar-refractivity contribution in [3.63, 3.8) is 0 Å². The number of benzene rings is 1. The first kappa shape index (κ1) is 16.3. The van der Waals surface area contributed by atoms with Crippen LogP contribution in [-0.4, -0.2) is 32.4 Å². The maximum absolute atomic E-state index is 6.02. The number of fused-ring (bicyclic) bond motifs is 4. The highest BCUT2D eigenvalue weighted by Crippen LogP contribution is 2.41. The van der Waals surface area contributed by atoms with Crippen molar-refractivity contribution in [2.24, 2.45) is 11.8 Å². The molecule has 1 aromatic carbocycles. The monoisotopic (exact) mass is 366 g/mol. The fourth-order valence-corrected chi connectivity index (χ4v) is 4.98. The number of halogens is 1. The van der Waals surface area contributed by atoms with Crippen LogP contribution in [0.4, 0.5) is 0 Å². The van der Waals surface area contributed by atoms with Crippen molar-refractivity contribution >= 4 is 22.8 Å². The van der Waals surface area contributed by atoms with Crippen molar-refractivity contribution in [3.8, 4) is 0 Å². The average Bonchev–Trinajstić information content (AvgIpc) is 3.07. The molecule has 0 amide bonds. The van der Waals surface area contributed by atoms with Crippen LogP contribution in [0.15, 0.2) is 42.6 Å². The topological polar surface area (TPSA) is 44.8 Å². The van der Waals surface area contributed by atoms with E-state index in [-0.39, 0.29) is 0 Å². The molecule has 3 fully saturated rings. The molecule has 4 nitrogen and oxygen atoms in total. The standard InChI is InChI=1S/C21H23ClN4/c22-17-6-3-14(4-7-17)10-16-11-18-8-5-15(16)12-26(18)13-20-24-19-2-1-9-23-21(19)25-20/h1-4,6-7,9,15-16,18H,5,8,10-13H2,(H,23,24,25). The number of aromatic amines is 1. The smallest absolute Gasteiger partial charge is 0.157 e.